The number of likely N-dealkylation sites (N-methyl/N-ethyl adjacent to an activating group) is 1. The first-order valence-corrected chi connectivity index (χ1v) is 6.49. The van der Waals surface area contributed by atoms with E-state index in [2.05, 4.69) is 50.1 Å². The number of hydrogen-bond donors (Lipinski definition) is 1. The number of thioether (sulfide) groups is 1. The van der Waals surface area contributed by atoms with Crippen LogP contribution in [0.4, 0.5) is 0 Å². The molecule has 1 rings (SSSR count). The molecule has 2 unspecified atom stereocenters. The van der Waals surface area contributed by atoms with Gasteiger partial charge in [0.25, 0.3) is 0 Å². The van der Waals surface area contributed by atoms with E-state index in [9.17, 15) is 0 Å². The van der Waals surface area contributed by atoms with E-state index >= 15 is 0 Å². The van der Waals surface area contributed by atoms with Gasteiger partial charge in [-0.3, -0.25) is 4.99 Å². The van der Waals surface area contributed by atoms with Crippen LogP contribution in [0.1, 0.15) is 20.8 Å². The lowest BCUT2D eigenvalue weighted by Crippen LogP contribution is -2.38. The molecule has 1 aliphatic rings. The van der Waals surface area contributed by atoms with E-state index in [-0.39, 0.29) is 0 Å². The Bertz CT molecular complexity index is 226. The summed E-state index contributed by atoms with van der Waals surface area (Å²) in [6.45, 7) is 8.75. The molecule has 0 aliphatic carbocycles. The Labute approximate surface area is 97.7 Å². The molecule has 0 aromatic rings. The molecule has 0 radical (unpaired) electrons. The van der Waals surface area contributed by atoms with Crippen molar-refractivity contribution in [3.8, 4) is 0 Å². The van der Waals surface area contributed by atoms with Gasteiger partial charge in [-0.15, -0.1) is 0 Å². The summed E-state index contributed by atoms with van der Waals surface area (Å²) in [5.74, 6) is 0.710. The molecule has 1 aliphatic heterocycles. The van der Waals surface area contributed by atoms with Crippen LogP contribution in [0.2, 0.25) is 0 Å². The Morgan fingerprint density at radius 2 is 2.13 bits per heavy atom. The Balaban J connectivity index is 2.29. The van der Waals surface area contributed by atoms with Gasteiger partial charge in [0.15, 0.2) is 5.17 Å². The average molecular weight is 229 g/mol. The molecule has 0 bridgehead atoms. The maximum atomic E-state index is 4.54. The topological polar surface area (TPSA) is 27.6 Å². The molecule has 4 heteroatoms. The molecule has 0 aromatic carbocycles. The lowest BCUT2D eigenvalue weighted by Gasteiger charge is -2.19. The second kappa shape index (κ2) is 5.75. The fourth-order valence-electron chi connectivity index (χ4n) is 1.62. The average Bonchev–Trinajstić information content (AvgIpc) is 2.50. The number of hydrogen-bond acceptors (Lipinski definition) is 4. The number of rotatable bonds is 4. The van der Waals surface area contributed by atoms with E-state index in [0.29, 0.717) is 17.2 Å². The summed E-state index contributed by atoms with van der Waals surface area (Å²) in [5, 5.41) is 5.26. The van der Waals surface area contributed by atoms with Gasteiger partial charge in [0, 0.05) is 17.8 Å². The lowest BCUT2D eigenvalue weighted by atomic mass is 10.1. The fourth-order valence-corrected chi connectivity index (χ4v) is 2.75. The number of amidine groups is 1. The van der Waals surface area contributed by atoms with E-state index in [1.807, 2.05) is 11.8 Å². The molecule has 88 valence electrons. The maximum Gasteiger partial charge on any atom is 0.157 e. The molecule has 1 heterocycles. The second-order valence-corrected chi connectivity index (χ2v) is 6.08. The molecule has 15 heavy (non-hydrogen) atoms. The van der Waals surface area contributed by atoms with Gasteiger partial charge in [0.05, 0.1) is 6.54 Å². The first-order chi connectivity index (χ1) is 6.99. The molecule has 3 nitrogen and oxygen atoms in total. The van der Waals surface area contributed by atoms with E-state index < -0.39 is 0 Å². The van der Waals surface area contributed by atoms with Gasteiger partial charge >= 0.3 is 0 Å². The van der Waals surface area contributed by atoms with Gasteiger partial charge in [0.1, 0.15) is 0 Å². The summed E-state index contributed by atoms with van der Waals surface area (Å²) >= 11 is 1.89. The highest BCUT2D eigenvalue weighted by Crippen LogP contribution is 2.25. The maximum absolute atomic E-state index is 4.54. The Morgan fingerprint density at radius 1 is 1.47 bits per heavy atom. The van der Waals surface area contributed by atoms with Gasteiger partial charge in [-0.1, -0.05) is 25.6 Å². The summed E-state index contributed by atoms with van der Waals surface area (Å²) in [5.41, 5.74) is 0. The first kappa shape index (κ1) is 12.8. The van der Waals surface area contributed by atoms with Crippen molar-refractivity contribution in [1.82, 2.24) is 10.2 Å². The molecular weight excluding hydrogens is 206 g/mol. The monoisotopic (exact) mass is 229 g/mol. The van der Waals surface area contributed by atoms with Crippen LogP contribution in [-0.4, -0.2) is 48.5 Å². The van der Waals surface area contributed by atoms with Crippen molar-refractivity contribution in [1.29, 1.82) is 0 Å². The largest absolute Gasteiger partial charge is 0.361 e. The number of nitrogens with one attached hydrogen (secondary N) is 1. The number of nitrogens with zero attached hydrogens (tertiary/aromatic N) is 2. The molecule has 0 spiro atoms. The minimum Gasteiger partial charge on any atom is -0.361 e. The predicted octanol–water partition coefficient (Wildman–Crippen LogP) is 1.65. The standard InChI is InChI=1S/C11H23N3S/c1-8(2)10-6-12-11(15-10)13-9(3)7-14(4)5/h8-10H,6-7H2,1-5H3,(H,12,13). The van der Waals surface area contributed by atoms with Crippen molar-refractivity contribution in [2.75, 3.05) is 27.2 Å². The zero-order valence-corrected chi connectivity index (χ0v) is 11.3. The number of aliphatic imine (C=N–C) groups is 1. The quantitative estimate of drug-likeness (QED) is 0.794. The molecular formula is C11H23N3S. The van der Waals surface area contributed by atoms with Crippen LogP contribution in [0, 0.1) is 5.92 Å². The van der Waals surface area contributed by atoms with Crippen molar-refractivity contribution in [3.63, 3.8) is 0 Å². The normalized spacial score (nSPS) is 23.4. The van der Waals surface area contributed by atoms with Crippen LogP contribution < -0.4 is 5.32 Å². The summed E-state index contributed by atoms with van der Waals surface area (Å²) in [7, 11) is 4.19. The van der Waals surface area contributed by atoms with Gasteiger partial charge in [-0.25, -0.2) is 0 Å². The lowest BCUT2D eigenvalue weighted by molar-refractivity contribution is 0.370. The van der Waals surface area contributed by atoms with E-state index in [1.165, 1.54) is 0 Å². The Morgan fingerprint density at radius 3 is 2.60 bits per heavy atom. The molecule has 0 fully saturated rings. The Hall–Kier alpha value is -0.220. The third-order valence-electron chi connectivity index (χ3n) is 2.43. The van der Waals surface area contributed by atoms with E-state index in [0.717, 1.165) is 18.3 Å². The van der Waals surface area contributed by atoms with Gasteiger partial charge in [-0.2, -0.15) is 0 Å². The summed E-state index contributed by atoms with van der Waals surface area (Å²) in [6.07, 6.45) is 0. The minimum atomic E-state index is 0.470. The van der Waals surface area contributed by atoms with Gasteiger partial charge < -0.3 is 10.2 Å². The van der Waals surface area contributed by atoms with E-state index in [4.69, 9.17) is 0 Å². The molecule has 0 aromatic heterocycles. The van der Waals surface area contributed by atoms with Crippen molar-refractivity contribution in [3.05, 3.63) is 0 Å². The van der Waals surface area contributed by atoms with Crippen LogP contribution >= 0.6 is 11.8 Å². The van der Waals surface area contributed by atoms with Crippen LogP contribution in [0.15, 0.2) is 4.99 Å². The molecule has 0 amide bonds. The first-order valence-electron chi connectivity index (χ1n) is 5.61. The predicted molar refractivity (Wildman–Crippen MR) is 69.7 cm³/mol. The SMILES string of the molecule is CC(CN(C)C)NC1=NCC(C(C)C)S1. The molecule has 0 saturated heterocycles. The van der Waals surface area contributed by atoms with Crippen LogP contribution in [0.5, 0.6) is 0 Å². The zero-order valence-electron chi connectivity index (χ0n) is 10.4. The fraction of sp³-hybridized carbons (Fsp3) is 0.909. The van der Waals surface area contributed by atoms with Crippen LogP contribution in [0.3, 0.4) is 0 Å². The van der Waals surface area contributed by atoms with Crippen LogP contribution in [-0.2, 0) is 0 Å². The molecule has 2 atom stereocenters. The second-order valence-electron chi connectivity index (χ2n) is 4.85. The van der Waals surface area contributed by atoms with Crippen LogP contribution in [0.25, 0.3) is 0 Å². The van der Waals surface area contributed by atoms with Gasteiger partial charge in [-0.05, 0) is 26.9 Å². The van der Waals surface area contributed by atoms with Crippen molar-refractivity contribution in [2.24, 2.45) is 10.9 Å². The molecule has 0 saturated carbocycles. The van der Waals surface area contributed by atoms with Gasteiger partial charge in [0.2, 0.25) is 0 Å². The van der Waals surface area contributed by atoms with E-state index in [1.54, 1.807) is 0 Å². The zero-order chi connectivity index (χ0) is 11.4. The summed E-state index contributed by atoms with van der Waals surface area (Å²) in [4.78, 5) is 6.73. The summed E-state index contributed by atoms with van der Waals surface area (Å²) < 4.78 is 0. The van der Waals surface area contributed by atoms with Crippen molar-refractivity contribution < 1.29 is 0 Å². The molecule has 1 N–H and O–H groups in total. The highest BCUT2D eigenvalue weighted by Gasteiger charge is 2.23. The highest BCUT2D eigenvalue weighted by atomic mass is 32.2. The minimum absolute atomic E-state index is 0.470. The van der Waals surface area contributed by atoms with Crippen molar-refractivity contribution >= 4 is 16.9 Å². The Kier molecular flexibility index (Phi) is 4.93. The smallest absolute Gasteiger partial charge is 0.157 e. The third kappa shape index (κ3) is 4.43. The van der Waals surface area contributed by atoms with Crippen molar-refractivity contribution in [2.45, 2.75) is 32.1 Å². The summed E-state index contributed by atoms with van der Waals surface area (Å²) in [6, 6.07) is 0.470. The third-order valence-corrected chi connectivity index (χ3v) is 3.90. The highest BCUT2D eigenvalue weighted by molar-refractivity contribution is 8.14.